The predicted molar refractivity (Wildman–Crippen MR) is 115 cm³/mol. The lowest BCUT2D eigenvalue weighted by atomic mass is 9.98. The molecule has 0 unspecified atom stereocenters. The van der Waals surface area contributed by atoms with Gasteiger partial charge < -0.3 is 10.6 Å². The number of piperidine rings is 1. The zero-order valence-corrected chi connectivity index (χ0v) is 18.3. The maximum atomic E-state index is 13.2. The molecule has 0 aromatic heterocycles. The zero-order chi connectivity index (χ0) is 22.6. The summed E-state index contributed by atoms with van der Waals surface area (Å²) in [6.45, 7) is 3.65. The Labute approximate surface area is 181 Å². The summed E-state index contributed by atoms with van der Waals surface area (Å²) >= 11 is 0. The molecule has 3 rings (SSSR count). The number of rotatable bonds is 6. The van der Waals surface area contributed by atoms with Crippen molar-refractivity contribution in [3.05, 3.63) is 59.9 Å². The van der Waals surface area contributed by atoms with Crippen LogP contribution in [0.2, 0.25) is 0 Å². The maximum Gasteiger partial charge on any atom is 0.243 e. The van der Waals surface area contributed by atoms with Crippen molar-refractivity contribution in [2.45, 2.75) is 37.6 Å². The Hall–Kier alpha value is -2.78. The number of anilines is 1. The minimum atomic E-state index is -3.80. The number of carbonyl (C=O) groups excluding carboxylic acids is 2. The van der Waals surface area contributed by atoms with Crippen molar-refractivity contribution >= 4 is 27.5 Å². The highest BCUT2D eigenvalue weighted by atomic mass is 32.2. The Morgan fingerprint density at radius 1 is 1.16 bits per heavy atom. The summed E-state index contributed by atoms with van der Waals surface area (Å²) in [5.74, 6) is -1.40. The van der Waals surface area contributed by atoms with Gasteiger partial charge in [0.25, 0.3) is 0 Å². The van der Waals surface area contributed by atoms with E-state index in [1.807, 2.05) is 13.0 Å². The third-order valence-corrected chi connectivity index (χ3v) is 7.15. The van der Waals surface area contributed by atoms with Crippen molar-refractivity contribution in [2.75, 3.05) is 18.4 Å². The second-order valence-corrected chi connectivity index (χ2v) is 9.63. The first-order valence-electron chi connectivity index (χ1n) is 10.1. The van der Waals surface area contributed by atoms with Crippen molar-refractivity contribution in [1.82, 2.24) is 9.62 Å². The van der Waals surface area contributed by atoms with Crippen molar-refractivity contribution in [3.63, 3.8) is 0 Å². The SMILES string of the molecule is CC(=O)Nc1cccc([C@@H](C)NC(=O)[C@@H]2CCCN(S(=O)(=O)c3ccc(F)cc3)C2)c1. The van der Waals surface area contributed by atoms with Crippen LogP contribution >= 0.6 is 0 Å². The first-order valence-corrected chi connectivity index (χ1v) is 11.5. The van der Waals surface area contributed by atoms with Crippen molar-refractivity contribution < 1.29 is 22.4 Å². The number of halogens is 1. The lowest BCUT2D eigenvalue weighted by Crippen LogP contribution is -2.45. The quantitative estimate of drug-likeness (QED) is 0.712. The van der Waals surface area contributed by atoms with Gasteiger partial charge in [-0.25, -0.2) is 12.8 Å². The average molecular weight is 448 g/mol. The van der Waals surface area contributed by atoms with Crippen LogP contribution in [0.3, 0.4) is 0 Å². The van der Waals surface area contributed by atoms with Gasteiger partial charge in [-0.05, 0) is 61.7 Å². The fourth-order valence-electron chi connectivity index (χ4n) is 3.63. The fraction of sp³-hybridized carbons (Fsp3) is 0.364. The highest BCUT2D eigenvalue weighted by Crippen LogP contribution is 2.25. The number of benzene rings is 2. The highest BCUT2D eigenvalue weighted by Gasteiger charge is 2.33. The molecule has 2 amide bonds. The molecule has 166 valence electrons. The molecule has 0 aliphatic carbocycles. The minimum absolute atomic E-state index is 0.0121. The predicted octanol–water partition coefficient (Wildman–Crippen LogP) is 3.06. The summed E-state index contributed by atoms with van der Waals surface area (Å²) < 4.78 is 40.2. The molecule has 0 bridgehead atoms. The lowest BCUT2D eigenvalue weighted by molar-refractivity contribution is -0.126. The molecule has 2 N–H and O–H groups in total. The smallest absolute Gasteiger partial charge is 0.243 e. The van der Waals surface area contributed by atoms with Crippen molar-refractivity contribution in [1.29, 1.82) is 0 Å². The molecule has 2 atom stereocenters. The van der Waals surface area contributed by atoms with Crippen LogP contribution < -0.4 is 10.6 Å². The van der Waals surface area contributed by atoms with Gasteiger partial charge in [0.15, 0.2) is 0 Å². The van der Waals surface area contributed by atoms with Gasteiger partial charge >= 0.3 is 0 Å². The average Bonchev–Trinajstić information content (AvgIpc) is 2.74. The van der Waals surface area contributed by atoms with Gasteiger partial charge in [-0.2, -0.15) is 4.31 Å². The molecular weight excluding hydrogens is 421 g/mol. The van der Waals surface area contributed by atoms with Crippen molar-refractivity contribution in [2.24, 2.45) is 5.92 Å². The Balaban J connectivity index is 1.67. The monoisotopic (exact) mass is 447 g/mol. The molecular formula is C22H26FN3O4S. The molecule has 1 saturated heterocycles. The molecule has 0 radical (unpaired) electrons. The molecule has 1 aliphatic heterocycles. The number of amides is 2. The summed E-state index contributed by atoms with van der Waals surface area (Å²) in [4.78, 5) is 24.1. The molecule has 1 heterocycles. The fourth-order valence-corrected chi connectivity index (χ4v) is 5.16. The van der Waals surface area contributed by atoms with Gasteiger partial charge in [0.2, 0.25) is 21.8 Å². The molecule has 1 fully saturated rings. The van der Waals surface area contributed by atoms with Crippen LogP contribution in [0.25, 0.3) is 0 Å². The molecule has 31 heavy (non-hydrogen) atoms. The van der Waals surface area contributed by atoms with Gasteiger partial charge in [-0.3, -0.25) is 9.59 Å². The lowest BCUT2D eigenvalue weighted by Gasteiger charge is -2.32. The Kier molecular flexibility index (Phi) is 7.07. The van der Waals surface area contributed by atoms with E-state index in [-0.39, 0.29) is 29.3 Å². The van der Waals surface area contributed by atoms with Crippen LogP contribution in [0, 0.1) is 11.7 Å². The number of carbonyl (C=O) groups is 2. The van der Waals surface area contributed by atoms with Crippen LogP contribution in [0.1, 0.15) is 38.3 Å². The summed E-state index contributed by atoms with van der Waals surface area (Å²) in [5.41, 5.74) is 1.46. The Morgan fingerprint density at radius 2 is 1.87 bits per heavy atom. The van der Waals surface area contributed by atoms with Gasteiger partial charge in [-0.15, -0.1) is 0 Å². The highest BCUT2D eigenvalue weighted by molar-refractivity contribution is 7.89. The normalized spacial score (nSPS) is 18.2. The van der Waals surface area contributed by atoms with E-state index in [4.69, 9.17) is 0 Å². The van der Waals surface area contributed by atoms with E-state index >= 15 is 0 Å². The standard InChI is InChI=1S/C22H26FN3O4S/c1-15(17-5-3-7-20(13-17)25-16(2)27)24-22(28)18-6-4-12-26(14-18)31(29,30)21-10-8-19(23)9-11-21/h3,5,7-11,13,15,18H,4,6,12,14H2,1-2H3,(H,24,28)(H,25,27)/t15-,18-/m1/s1. The zero-order valence-electron chi connectivity index (χ0n) is 17.5. The molecule has 1 aliphatic rings. The summed E-state index contributed by atoms with van der Waals surface area (Å²) in [5, 5.41) is 5.65. The number of nitrogens with zero attached hydrogens (tertiary/aromatic N) is 1. The van der Waals surface area contributed by atoms with E-state index in [0.717, 1.165) is 17.7 Å². The number of nitrogens with one attached hydrogen (secondary N) is 2. The third-order valence-electron chi connectivity index (χ3n) is 5.27. The van der Waals surface area contributed by atoms with Crippen molar-refractivity contribution in [3.8, 4) is 0 Å². The Bertz CT molecular complexity index is 1060. The van der Waals surface area contributed by atoms with E-state index in [1.165, 1.54) is 23.4 Å². The maximum absolute atomic E-state index is 13.2. The van der Waals surface area contributed by atoms with E-state index in [2.05, 4.69) is 10.6 Å². The first kappa shape index (κ1) is 22.9. The summed E-state index contributed by atoms with van der Waals surface area (Å²) in [7, 11) is -3.80. The second kappa shape index (κ2) is 9.57. The Morgan fingerprint density at radius 3 is 2.55 bits per heavy atom. The van der Waals surface area contributed by atoms with Gasteiger partial charge in [0, 0.05) is 25.7 Å². The molecule has 0 spiro atoms. The van der Waals surface area contributed by atoms with Crippen LogP contribution in [0.5, 0.6) is 0 Å². The summed E-state index contributed by atoms with van der Waals surface area (Å²) in [6.07, 6.45) is 1.14. The molecule has 2 aromatic carbocycles. The molecule has 9 heteroatoms. The largest absolute Gasteiger partial charge is 0.349 e. The molecule has 7 nitrogen and oxygen atoms in total. The van der Waals surface area contributed by atoms with Crippen LogP contribution in [-0.4, -0.2) is 37.6 Å². The number of sulfonamides is 1. The number of hydrogen-bond acceptors (Lipinski definition) is 4. The van der Waals surface area contributed by atoms with E-state index in [1.54, 1.807) is 18.2 Å². The second-order valence-electron chi connectivity index (χ2n) is 7.69. The summed E-state index contributed by atoms with van der Waals surface area (Å²) in [6, 6.07) is 11.6. The van der Waals surface area contributed by atoms with Crippen LogP contribution in [0.15, 0.2) is 53.4 Å². The number of hydrogen-bond donors (Lipinski definition) is 2. The molecule has 2 aromatic rings. The first-order chi connectivity index (χ1) is 14.7. The van der Waals surface area contributed by atoms with Crippen LogP contribution in [0.4, 0.5) is 10.1 Å². The molecule has 0 saturated carbocycles. The van der Waals surface area contributed by atoms with E-state index < -0.39 is 21.8 Å². The van der Waals surface area contributed by atoms with E-state index in [0.29, 0.717) is 25.1 Å². The van der Waals surface area contributed by atoms with Gasteiger partial charge in [0.1, 0.15) is 5.82 Å². The van der Waals surface area contributed by atoms with E-state index in [9.17, 15) is 22.4 Å². The third kappa shape index (κ3) is 5.68. The van der Waals surface area contributed by atoms with Gasteiger partial charge in [-0.1, -0.05) is 12.1 Å². The van der Waals surface area contributed by atoms with Gasteiger partial charge in [0.05, 0.1) is 16.9 Å². The minimum Gasteiger partial charge on any atom is -0.349 e. The van der Waals surface area contributed by atoms with Crippen LogP contribution in [-0.2, 0) is 19.6 Å². The topological polar surface area (TPSA) is 95.6 Å².